The summed E-state index contributed by atoms with van der Waals surface area (Å²) < 4.78 is 11.3. The van der Waals surface area contributed by atoms with E-state index in [2.05, 4.69) is 34.0 Å². The van der Waals surface area contributed by atoms with Gasteiger partial charge in [0.25, 0.3) is 6.01 Å². The monoisotopic (exact) mass is 415 g/mol. The number of nitrogens with zero attached hydrogens (tertiary/aromatic N) is 3. The molecular formula is C20H25N5O3S. The fourth-order valence-corrected chi connectivity index (χ4v) is 4.59. The van der Waals surface area contributed by atoms with E-state index < -0.39 is 11.7 Å². The number of amides is 1. The molecule has 154 valence electrons. The van der Waals surface area contributed by atoms with Gasteiger partial charge in [-0.25, -0.2) is 9.78 Å². The van der Waals surface area contributed by atoms with Crippen LogP contribution in [-0.2, 0) is 11.2 Å². The van der Waals surface area contributed by atoms with Gasteiger partial charge in [-0.15, -0.1) is 0 Å². The Hall–Kier alpha value is -2.81. The van der Waals surface area contributed by atoms with Gasteiger partial charge in [0.2, 0.25) is 0 Å². The first kappa shape index (κ1) is 19.5. The van der Waals surface area contributed by atoms with E-state index >= 15 is 0 Å². The zero-order valence-corrected chi connectivity index (χ0v) is 18.0. The number of ether oxygens (including phenoxy) is 1. The van der Waals surface area contributed by atoms with Crippen molar-refractivity contribution < 1.29 is 13.9 Å². The van der Waals surface area contributed by atoms with Crippen LogP contribution in [0.5, 0.6) is 0 Å². The maximum Gasteiger partial charge on any atom is 0.413 e. The molecule has 9 heteroatoms. The molecule has 1 aliphatic heterocycles. The Morgan fingerprint density at radius 1 is 1.34 bits per heavy atom. The van der Waals surface area contributed by atoms with Crippen LogP contribution in [-0.4, -0.2) is 27.7 Å². The van der Waals surface area contributed by atoms with Gasteiger partial charge < -0.3 is 19.8 Å². The van der Waals surface area contributed by atoms with Crippen LogP contribution in [0.15, 0.2) is 22.6 Å². The molecule has 0 fully saturated rings. The lowest BCUT2D eigenvalue weighted by Gasteiger charge is -2.36. The number of benzene rings is 1. The molecule has 0 bridgehead atoms. The van der Waals surface area contributed by atoms with Crippen molar-refractivity contribution in [2.75, 3.05) is 16.0 Å². The summed E-state index contributed by atoms with van der Waals surface area (Å²) in [4.78, 5) is 24.6. The minimum Gasteiger partial charge on any atom is -0.444 e. The molecule has 0 spiro atoms. The van der Waals surface area contributed by atoms with Crippen LogP contribution in [0, 0.1) is 0 Å². The number of carbonyl (C=O) groups excluding carboxylic acids is 1. The lowest BCUT2D eigenvalue weighted by atomic mass is 10.0. The molecule has 3 N–H and O–H groups in total. The largest absolute Gasteiger partial charge is 0.444 e. The van der Waals surface area contributed by atoms with Gasteiger partial charge in [-0.1, -0.05) is 11.3 Å². The molecule has 1 amide bonds. The van der Waals surface area contributed by atoms with Crippen molar-refractivity contribution in [2.24, 2.45) is 0 Å². The van der Waals surface area contributed by atoms with Crippen molar-refractivity contribution in [3.63, 3.8) is 0 Å². The Bertz CT molecular complexity index is 1070. The van der Waals surface area contributed by atoms with Gasteiger partial charge in [0.15, 0.2) is 10.7 Å². The van der Waals surface area contributed by atoms with E-state index in [1.54, 1.807) is 6.07 Å². The van der Waals surface area contributed by atoms with Crippen molar-refractivity contribution in [1.29, 1.82) is 0 Å². The third-order valence-electron chi connectivity index (χ3n) is 4.72. The molecule has 3 heterocycles. The fraction of sp³-hybridized carbons (Fsp3) is 0.450. The van der Waals surface area contributed by atoms with E-state index in [0.717, 1.165) is 22.5 Å². The normalized spacial score (nSPS) is 19.3. The highest BCUT2D eigenvalue weighted by molar-refractivity contribution is 7.16. The lowest BCUT2D eigenvalue weighted by molar-refractivity contribution is 0.0636. The summed E-state index contributed by atoms with van der Waals surface area (Å²) in [5, 5.41) is 3.29. The van der Waals surface area contributed by atoms with E-state index in [1.165, 1.54) is 11.3 Å². The average Bonchev–Trinajstić information content (AvgIpc) is 3.16. The van der Waals surface area contributed by atoms with E-state index in [1.807, 2.05) is 32.9 Å². The summed E-state index contributed by atoms with van der Waals surface area (Å²) in [6.45, 7) is 9.69. The van der Waals surface area contributed by atoms with Crippen molar-refractivity contribution in [3.05, 3.63) is 28.8 Å². The third kappa shape index (κ3) is 3.87. The zero-order chi connectivity index (χ0) is 20.9. The standard InChI is InChI=1S/C20H25N5O3S/c1-10-8-14-16(29-17(22-14)24-19(26)28-20(3,4)5)11(2)25(10)18-23-13-9-12(21)6-7-15(13)27-18/h6-7,9-11H,8,21H2,1-5H3,(H,22,24,26)/t10-,11+/m1/s1. The maximum atomic E-state index is 12.1. The summed E-state index contributed by atoms with van der Waals surface area (Å²) in [5.41, 5.74) is 8.38. The number of rotatable bonds is 2. The van der Waals surface area contributed by atoms with Gasteiger partial charge in [-0.3, -0.25) is 5.32 Å². The Morgan fingerprint density at radius 2 is 2.10 bits per heavy atom. The second-order valence-electron chi connectivity index (χ2n) is 8.32. The molecule has 0 saturated carbocycles. The number of carbonyl (C=O) groups is 1. The smallest absolute Gasteiger partial charge is 0.413 e. The molecule has 1 aromatic carbocycles. The molecule has 4 rings (SSSR count). The number of anilines is 3. The van der Waals surface area contributed by atoms with E-state index in [0.29, 0.717) is 22.4 Å². The number of nitrogen functional groups attached to an aromatic ring is 1. The van der Waals surface area contributed by atoms with Gasteiger partial charge in [0.05, 0.1) is 16.6 Å². The van der Waals surface area contributed by atoms with Crippen LogP contribution in [0.4, 0.5) is 21.6 Å². The highest BCUT2D eigenvalue weighted by Crippen LogP contribution is 2.41. The zero-order valence-electron chi connectivity index (χ0n) is 17.1. The van der Waals surface area contributed by atoms with E-state index in [-0.39, 0.29) is 12.1 Å². The molecule has 0 aliphatic carbocycles. The molecule has 0 unspecified atom stereocenters. The molecule has 0 radical (unpaired) electrons. The third-order valence-corrected chi connectivity index (χ3v) is 5.90. The van der Waals surface area contributed by atoms with Crippen LogP contribution >= 0.6 is 11.3 Å². The van der Waals surface area contributed by atoms with Gasteiger partial charge in [-0.05, 0) is 52.8 Å². The lowest BCUT2D eigenvalue weighted by Crippen LogP contribution is -2.40. The minimum absolute atomic E-state index is 0.00541. The molecular weight excluding hydrogens is 390 g/mol. The molecule has 2 atom stereocenters. The quantitative estimate of drug-likeness (QED) is 0.583. The van der Waals surface area contributed by atoms with Gasteiger partial charge in [0.1, 0.15) is 11.1 Å². The number of fused-ring (bicyclic) bond motifs is 2. The van der Waals surface area contributed by atoms with Crippen molar-refractivity contribution >= 4 is 45.4 Å². The van der Waals surface area contributed by atoms with Crippen LogP contribution in [0.2, 0.25) is 0 Å². The first-order valence-electron chi connectivity index (χ1n) is 9.55. The molecule has 3 aromatic rings. The molecule has 2 aromatic heterocycles. The van der Waals surface area contributed by atoms with Crippen molar-refractivity contribution in [1.82, 2.24) is 9.97 Å². The Kier molecular flexibility index (Phi) is 4.65. The summed E-state index contributed by atoms with van der Waals surface area (Å²) in [5.74, 6) is 0. The number of thiazole rings is 1. The van der Waals surface area contributed by atoms with Crippen LogP contribution in [0.3, 0.4) is 0 Å². The number of hydrogen-bond acceptors (Lipinski definition) is 8. The fourth-order valence-electron chi connectivity index (χ4n) is 3.56. The maximum absolute atomic E-state index is 12.1. The number of nitrogens with two attached hydrogens (primary N) is 1. The highest BCUT2D eigenvalue weighted by Gasteiger charge is 2.35. The van der Waals surface area contributed by atoms with Crippen LogP contribution < -0.4 is 16.0 Å². The Labute approximate surface area is 173 Å². The second-order valence-corrected chi connectivity index (χ2v) is 9.35. The van der Waals surface area contributed by atoms with Gasteiger partial charge in [0, 0.05) is 18.2 Å². The SMILES string of the molecule is C[C@@H]1Cc2nc(NC(=O)OC(C)(C)C)sc2[C@H](C)N1c1nc2cc(N)ccc2o1. The summed E-state index contributed by atoms with van der Waals surface area (Å²) in [7, 11) is 0. The Morgan fingerprint density at radius 3 is 2.83 bits per heavy atom. The average molecular weight is 416 g/mol. The minimum atomic E-state index is -0.560. The number of oxazole rings is 1. The number of aromatic nitrogens is 2. The van der Waals surface area contributed by atoms with Crippen LogP contribution in [0.25, 0.3) is 11.1 Å². The summed E-state index contributed by atoms with van der Waals surface area (Å²) in [6, 6.07) is 6.15. The van der Waals surface area contributed by atoms with E-state index in [9.17, 15) is 4.79 Å². The first-order chi connectivity index (χ1) is 13.6. The van der Waals surface area contributed by atoms with Crippen molar-refractivity contribution in [2.45, 2.75) is 58.7 Å². The second kappa shape index (κ2) is 6.91. The van der Waals surface area contributed by atoms with E-state index in [4.69, 9.17) is 14.9 Å². The Balaban J connectivity index is 1.60. The molecule has 29 heavy (non-hydrogen) atoms. The van der Waals surface area contributed by atoms with Crippen molar-refractivity contribution in [3.8, 4) is 0 Å². The molecule has 0 saturated heterocycles. The topological polar surface area (TPSA) is 107 Å². The summed E-state index contributed by atoms with van der Waals surface area (Å²) in [6.07, 6.45) is 0.227. The summed E-state index contributed by atoms with van der Waals surface area (Å²) >= 11 is 1.45. The van der Waals surface area contributed by atoms with Gasteiger partial charge >= 0.3 is 6.09 Å². The molecule has 8 nitrogen and oxygen atoms in total. The number of nitrogens with one attached hydrogen (secondary N) is 1. The predicted molar refractivity (Wildman–Crippen MR) is 114 cm³/mol. The highest BCUT2D eigenvalue weighted by atomic mass is 32.1. The molecule has 1 aliphatic rings. The number of hydrogen-bond donors (Lipinski definition) is 2. The van der Waals surface area contributed by atoms with Gasteiger partial charge in [-0.2, -0.15) is 4.98 Å². The van der Waals surface area contributed by atoms with Crippen LogP contribution in [0.1, 0.15) is 51.2 Å². The first-order valence-corrected chi connectivity index (χ1v) is 10.4. The predicted octanol–water partition coefficient (Wildman–Crippen LogP) is 4.73.